The first-order valence-electron chi connectivity index (χ1n) is 5.95. The number of anilines is 1. The summed E-state index contributed by atoms with van der Waals surface area (Å²) in [6.07, 6.45) is 3.54. The number of fused-ring (bicyclic) bond motifs is 1. The highest BCUT2D eigenvalue weighted by atomic mass is 16.5. The summed E-state index contributed by atoms with van der Waals surface area (Å²) in [5, 5.41) is 11.0. The molecule has 3 rings (SSSR count). The molecule has 0 bridgehead atoms. The van der Waals surface area contributed by atoms with Crippen molar-refractivity contribution in [3.8, 4) is 0 Å². The number of hydrogen-bond donors (Lipinski definition) is 1. The number of carbonyl (C=O) groups excluding carboxylic acids is 1. The Balaban J connectivity index is 1.86. The largest absolute Gasteiger partial charge is 0.464 e. The topological polar surface area (TPSA) is 81.9 Å². The molecular weight excluding hydrogens is 246 g/mol. The summed E-state index contributed by atoms with van der Waals surface area (Å²) in [5.41, 5.74) is 1.42. The molecule has 1 unspecified atom stereocenters. The van der Waals surface area contributed by atoms with Crippen molar-refractivity contribution in [3.63, 3.8) is 0 Å². The lowest BCUT2D eigenvalue weighted by molar-refractivity contribution is 0.0595. The summed E-state index contributed by atoms with van der Waals surface area (Å²) in [6.45, 7) is 1.40. The third kappa shape index (κ3) is 2.03. The maximum atomic E-state index is 11.5. The molecule has 7 heteroatoms. The Kier molecular flexibility index (Phi) is 2.86. The van der Waals surface area contributed by atoms with Crippen molar-refractivity contribution in [3.05, 3.63) is 35.8 Å². The average molecular weight is 259 g/mol. The molecule has 1 aliphatic rings. The number of nitrogens with zero attached hydrogens (tertiary/aromatic N) is 4. The van der Waals surface area contributed by atoms with Crippen LogP contribution in [0.15, 0.2) is 24.5 Å². The van der Waals surface area contributed by atoms with E-state index < -0.39 is 5.97 Å². The SMILES string of the molecule is COC(=O)c1nnn2c1NCC(c1ccncc1)C2. The van der Waals surface area contributed by atoms with Gasteiger partial charge in [-0.1, -0.05) is 5.21 Å². The van der Waals surface area contributed by atoms with Gasteiger partial charge in [0.15, 0.2) is 5.82 Å². The van der Waals surface area contributed by atoms with Crippen LogP contribution in [0.4, 0.5) is 5.82 Å². The second-order valence-electron chi connectivity index (χ2n) is 4.32. The Hall–Kier alpha value is -2.44. The Morgan fingerprint density at radius 2 is 2.26 bits per heavy atom. The van der Waals surface area contributed by atoms with Crippen molar-refractivity contribution in [2.24, 2.45) is 0 Å². The van der Waals surface area contributed by atoms with Crippen molar-refractivity contribution in [2.75, 3.05) is 19.0 Å². The average Bonchev–Trinajstić information content (AvgIpc) is 2.90. The third-order valence-electron chi connectivity index (χ3n) is 3.20. The van der Waals surface area contributed by atoms with Crippen molar-refractivity contribution in [1.82, 2.24) is 20.0 Å². The van der Waals surface area contributed by atoms with Gasteiger partial charge in [0.25, 0.3) is 0 Å². The molecule has 2 aromatic heterocycles. The number of ether oxygens (including phenoxy) is 1. The molecule has 0 saturated carbocycles. The van der Waals surface area contributed by atoms with Gasteiger partial charge >= 0.3 is 5.97 Å². The summed E-state index contributed by atoms with van der Waals surface area (Å²) in [4.78, 5) is 15.5. The van der Waals surface area contributed by atoms with Crippen LogP contribution in [0.5, 0.6) is 0 Å². The van der Waals surface area contributed by atoms with E-state index in [2.05, 4.69) is 25.3 Å². The first-order valence-corrected chi connectivity index (χ1v) is 5.95. The molecule has 0 amide bonds. The number of methoxy groups -OCH3 is 1. The minimum atomic E-state index is -0.476. The maximum absolute atomic E-state index is 11.5. The number of pyridine rings is 1. The fourth-order valence-corrected chi connectivity index (χ4v) is 2.20. The highest BCUT2D eigenvalue weighted by Crippen LogP contribution is 2.26. The van der Waals surface area contributed by atoms with Gasteiger partial charge < -0.3 is 10.1 Å². The standard InChI is InChI=1S/C12H13N5O2/c1-19-12(18)10-11-14-6-9(7-17(11)16-15-10)8-2-4-13-5-3-8/h2-5,9,14H,6-7H2,1H3. The molecular formula is C12H13N5O2. The van der Waals surface area contributed by atoms with Gasteiger partial charge in [-0.25, -0.2) is 9.48 Å². The van der Waals surface area contributed by atoms with Crippen LogP contribution in [0.2, 0.25) is 0 Å². The first-order chi connectivity index (χ1) is 9.29. The molecule has 0 spiro atoms. The summed E-state index contributed by atoms with van der Waals surface area (Å²) in [5.74, 6) is 0.427. The lowest BCUT2D eigenvalue weighted by Gasteiger charge is -2.24. The molecule has 3 heterocycles. The van der Waals surface area contributed by atoms with E-state index in [1.165, 1.54) is 12.7 Å². The Morgan fingerprint density at radius 3 is 3.00 bits per heavy atom. The first kappa shape index (κ1) is 11.6. The van der Waals surface area contributed by atoms with Crippen LogP contribution < -0.4 is 5.32 Å². The summed E-state index contributed by atoms with van der Waals surface area (Å²) < 4.78 is 6.36. The number of aromatic nitrogens is 4. The second kappa shape index (κ2) is 4.68. The van der Waals surface area contributed by atoms with E-state index in [1.54, 1.807) is 17.1 Å². The van der Waals surface area contributed by atoms with Crippen LogP contribution in [0.1, 0.15) is 22.0 Å². The molecule has 0 radical (unpaired) electrons. The van der Waals surface area contributed by atoms with E-state index in [4.69, 9.17) is 0 Å². The van der Waals surface area contributed by atoms with E-state index >= 15 is 0 Å². The van der Waals surface area contributed by atoms with E-state index in [1.807, 2.05) is 12.1 Å². The van der Waals surface area contributed by atoms with Crippen LogP contribution in [0, 0.1) is 0 Å². The Labute approximate surface area is 109 Å². The van der Waals surface area contributed by atoms with E-state index in [0.717, 1.165) is 6.54 Å². The zero-order valence-corrected chi connectivity index (χ0v) is 10.4. The summed E-state index contributed by atoms with van der Waals surface area (Å²) >= 11 is 0. The Morgan fingerprint density at radius 1 is 1.47 bits per heavy atom. The fourth-order valence-electron chi connectivity index (χ4n) is 2.20. The quantitative estimate of drug-likeness (QED) is 0.798. The molecule has 98 valence electrons. The molecule has 7 nitrogen and oxygen atoms in total. The third-order valence-corrected chi connectivity index (χ3v) is 3.20. The maximum Gasteiger partial charge on any atom is 0.362 e. The van der Waals surface area contributed by atoms with E-state index in [-0.39, 0.29) is 11.6 Å². The monoisotopic (exact) mass is 259 g/mol. The molecule has 0 aromatic carbocycles. The second-order valence-corrected chi connectivity index (χ2v) is 4.32. The molecule has 1 aliphatic heterocycles. The molecule has 0 saturated heterocycles. The fraction of sp³-hybridized carbons (Fsp3) is 0.333. The molecule has 0 aliphatic carbocycles. The number of nitrogens with one attached hydrogen (secondary N) is 1. The lowest BCUT2D eigenvalue weighted by Crippen LogP contribution is -2.27. The number of carbonyl (C=O) groups is 1. The van der Waals surface area contributed by atoms with E-state index in [0.29, 0.717) is 12.4 Å². The van der Waals surface area contributed by atoms with Gasteiger partial charge in [-0.05, 0) is 17.7 Å². The summed E-state index contributed by atoms with van der Waals surface area (Å²) in [7, 11) is 1.33. The molecule has 19 heavy (non-hydrogen) atoms. The van der Waals surface area contributed by atoms with Gasteiger partial charge in [0, 0.05) is 24.9 Å². The van der Waals surface area contributed by atoms with E-state index in [9.17, 15) is 4.79 Å². The number of hydrogen-bond acceptors (Lipinski definition) is 6. The normalized spacial score (nSPS) is 17.4. The predicted octanol–water partition coefficient (Wildman–Crippen LogP) is 0.669. The Bertz CT molecular complexity index is 595. The highest BCUT2D eigenvalue weighted by Gasteiger charge is 2.27. The minimum absolute atomic E-state index is 0.232. The van der Waals surface area contributed by atoms with Crippen LogP contribution in [-0.4, -0.2) is 39.6 Å². The van der Waals surface area contributed by atoms with Gasteiger partial charge in [0.1, 0.15) is 0 Å². The van der Waals surface area contributed by atoms with Crippen LogP contribution >= 0.6 is 0 Å². The van der Waals surface area contributed by atoms with Crippen LogP contribution in [-0.2, 0) is 11.3 Å². The van der Waals surface area contributed by atoms with Crippen LogP contribution in [0.25, 0.3) is 0 Å². The molecule has 1 atom stereocenters. The summed E-state index contributed by atoms with van der Waals surface area (Å²) in [6, 6.07) is 3.96. The van der Waals surface area contributed by atoms with Gasteiger partial charge in [0.05, 0.1) is 13.7 Å². The van der Waals surface area contributed by atoms with Crippen molar-refractivity contribution in [2.45, 2.75) is 12.5 Å². The predicted molar refractivity (Wildman–Crippen MR) is 66.8 cm³/mol. The van der Waals surface area contributed by atoms with Gasteiger partial charge in [-0.2, -0.15) is 0 Å². The van der Waals surface area contributed by atoms with Crippen molar-refractivity contribution in [1.29, 1.82) is 0 Å². The van der Waals surface area contributed by atoms with Crippen LogP contribution in [0.3, 0.4) is 0 Å². The van der Waals surface area contributed by atoms with Crippen molar-refractivity contribution >= 4 is 11.8 Å². The number of esters is 1. The number of rotatable bonds is 2. The van der Waals surface area contributed by atoms with Gasteiger partial charge in [-0.15, -0.1) is 5.10 Å². The van der Waals surface area contributed by atoms with Gasteiger partial charge in [0.2, 0.25) is 5.69 Å². The zero-order chi connectivity index (χ0) is 13.2. The highest BCUT2D eigenvalue weighted by molar-refractivity contribution is 5.92. The molecule has 0 fully saturated rings. The zero-order valence-electron chi connectivity index (χ0n) is 10.4. The lowest BCUT2D eigenvalue weighted by atomic mass is 9.99. The minimum Gasteiger partial charge on any atom is -0.464 e. The smallest absolute Gasteiger partial charge is 0.362 e. The molecule has 2 aromatic rings. The van der Waals surface area contributed by atoms with Gasteiger partial charge in [-0.3, -0.25) is 4.98 Å². The molecule has 1 N–H and O–H groups in total. The van der Waals surface area contributed by atoms with Crippen molar-refractivity contribution < 1.29 is 9.53 Å².